The van der Waals surface area contributed by atoms with E-state index in [-0.39, 0.29) is 5.84 Å². The van der Waals surface area contributed by atoms with Crippen molar-refractivity contribution in [1.29, 1.82) is 5.41 Å². The fourth-order valence-electron chi connectivity index (χ4n) is 2.00. The maximum Gasteiger partial charge on any atom is 0.123 e. The Hall–Kier alpha value is -1.88. The third-order valence-corrected chi connectivity index (χ3v) is 3.83. The highest BCUT2D eigenvalue weighted by Gasteiger charge is 2.08. The van der Waals surface area contributed by atoms with Gasteiger partial charge < -0.3 is 10.6 Å². The molecule has 0 amide bonds. The number of aromatic nitrogens is 1. The summed E-state index contributed by atoms with van der Waals surface area (Å²) in [7, 11) is 2.04. The monoisotopic (exact) mass is 274 g/mol. The van der Waals surface area contributed by atoms with Gasteiger partial charge in [0.25, 0.3) is 0 Å². The molecule has 1 heterocycles. The summed E-state index contributed by atoms with van der Waals surface area (Å²) in [6.07, 6.45) is 0. The van der Waals surface area contributed by atoms with Crippen molar-refractivity contribution < 1.29 is 0 Å². The van der Waals surface area contributed by atoms with Crippen molar-refractivity contribution in [2.75, 3.05) is 11.9 Å². The molecular weight excluding hydrogens is 256 g/mol. The highest BCUT2D eigenvalue weighted by atomic mass is 32.1. The minimum atomic E-state index is 0.113. The Labute approximate surface area is 117 Å². The summed E-state index contributed by atoms with van der Waals surface area (Å²) in [5.74, 6) is 0.113. The molecule has 0 saturated heterocycles. The van der Waals surface area contributed by atoms with Crippen LogP contribution in [0.1, 0.15) is 21.8 Å². The number of thiazole rings is 1. The summed E-state index contributed by atoms with van der Waals surface area (Å²) in [4.78, 5) is 6.61. The van der Waals surface area contributed by atoms with Gasteiger partial charge in [-0.3, -0.25) is 5.41 Å². The Morgan fingerprint density at radius 3 is 2.68 bits per heavy atom. The fourth-order valence-corrected chi connectivity index (χ4v) is 2.61. The second kappa shape index (κ2) is 5.40. The van der Waals surface area contributed by atoms with Crippen LogP contribution in [0, 0.1) is 19.3 Å². The van der Waals surface area contributed by atoms with Gasteiger partial charge in [-0.2, -0.15) is 0 Å². The highest BCUT2D eigenvalue weighted by Crippen LogP contribution is 2.20. The molecule has 0 atom stereocenters. The Kier molecular flexibility index (Phi) is 3.85. The molecule has 0 spiro atoms. The summed E-state index contributed by atoms with van der Waals surface area (Å²) in [5.41, 5.74) is 9.53. The van der Waals surface area contributed by atoms with Gasteiger partial charge in [-0.05, 0) is 37.6 Å². The molecule has 0 fully saturated rings. The first-order valence-electron chi connectivity index (χ1n) is 6.04. The first kappa shape index (κ1) is 13.5. The van der Waals surface area contributed by atoms with Crippen LogP contribution < -0.4 is 10.6 Å². The molecule has 2 aromatic rings. The maximum absolute atomic E-state index is 7.49. The number of nitrogens with two attached hydrogens (primary N) is 1. The van der Waals surface area contributed by atoms with E-state index in [9.17, 15) is 0 Å². The number of nitrogens with one attached hydrogen (secondary N) is 1. The van der Waals surface area contributed by atoms with Crippen molar-refractivity contribution in [2.24, 2.45) is 5.73 Å². The van der Waals surface area contributed by atoms with Gasteiger partial charge in [0.1, 0.15) is 5.84 Å². The average Bonchev–Trinajstić information content (AvgIpc) is 2.74. The fraction of sp³-hybridized carbons (Fsp3) is 0.286. The van der Waals surface area contributed by atoms with Crippen molar-refractivity contribution in [3.8, 4) is 0 Å². The zero-order valence-electron chi connectivity index (χ0n) is 11.4. The lowest BCUT2D eigenvalue weighted by molar-refractivity contribution is 0.889. The zero-order valence-corrected chi connectivity index (χ0v) is 12.2. The number of amidine groups is 1. The lowest BCUT2D eigenvalue weighted by Crippen LogP contribution is -2.18. The first-order chi connectivity index (χ1) is 8.97. The number of nitrogen functional groups attached to an aromatic ring is 1. The molecule has 0 bridgehead atoms. The molecule has 0 unspecified atom stereocenters. The topological polar surface area (TPSA) is 66.0 Å². The van der Waals surface area contributed by atoms with Crippen LogP contribution in [0.2, 0.25) is 0 Å². The minimum absolute atomic E-state index is 0.113. The molecular formula is C14H18N4S. The molecule has 1 aromatic carbocycles. The molecule has 0 saturated carbocycles. The zero-order chi connectivity index (χ0) is 14.0. The quantitative estimate of drug-likeness (QED) is 0.665. The molecule has 19 heavy (non-hydrogen) atoms. The van der Waals surface area contributed by atoms with Crippen molar-refractivity contribution >= 4 is 22.9 Å². The van der Waals surface area contributed by atoms with Gasteiger partial charge in [-0.1, -0.05) is 0 Å². The van der Waals surface area contributed by atoms with E-state index in [2.05, 4.69) is 21.3 Å². The number of hydrogen-bond donors (Lipinski definition) is 2. The van der Waals surface area contributed by atoms with E-state index in [1.807, 2.05) is 33.0 Å². The molecule has 1 aromatic heterocycles. The van der Waals surface area contributed by atoms with Gasteiger partial charge in [0.2, 0.25) is 0 Å². The van der Waals surface area contributed by atoms with E-state index < -0.39 is 0 Å². The van der Waals surface area contributed by atoms with Gasteiger partial charge in [0.15, 0.2) is 0 Å². The predicted molar refractivity (Wildman–Crippen MR) is 81.2 cm³/mol. The molecule has 4 nitrogen and oxygen atoms in total. The average molecular weight is 274 g/mol. The molecule has 0 aliphatic carbocycles. The number of nitrogens with zero attached hydrogens (tertiary/aromatic N) is 2. The SMILES string of the molecule is Cc1nc(CN(C)c2ccc(C(=N)N)c(C)c2)cs1. The van der Waals surface area contributed by atoms with Gasteiger partial charge in [-0.25, -0.2) is 4.98 Å². The van der Waals surface area contributed by atoms with E-state index in [1.54, 1.807) is 11.3 Å². The number of aryl methyl sites for hydroxylation is 2. The number of anilines is 1. The second-order valence-corrected chi connectivity index (χ2v) is 5.69. The lowest BCUT2D eigenvalue weighted by Gasteiger charge is -2.19. The molecule has 3 N–H and O–H groups in total. The largest absolute Gasteiger partial charge is 0.384 e. The Morgan fingerprint density at radius 2 is 2.16 bits per heavy atom. The third-order valence-electron chi connectivity index (χ3n) is 3.01. The first-order valence-corrected chi connectivity index (χ1v) is 6.92. The van der Waals surface area contributed by atoms with Crippen LogP contribution in [0.15, 0.2) is 23.6 Å². The Bertz CT molecular complexity index is 603. The van der Waals surface area contributed by atoms with E-state index in [1.165, 1.54) is 0 Å². The molecule has 100 valence electrons. The van der Waals surface area contributed by atoms with Crippen molar-refractivity contribution in [3.05, 3.63) is 45.4 Å². The normalized spacial score (nSPS) is 10.5. The van der Waals surface area contributed by atoms with Crippen molar-refractivity contribution in [3.63, 3.8) is 0 Å². The van der Waals surface area contributed by atoms with Gasteiger partial charge >= 0.3 is 0 Å². The molecule has 5 heteroatoms. The number of hydrogen-bond acceptors (Lipinski definition) is 4. The minimum Gasteiger partial charge on any atom is -0.384 e. The molecule has 0 aliphatic heterocycles. The molecule has 2 rings (SSSR count). The van der Waals surface area contributed by atoms with E-state index >= 15 is 0 Å². The summed E-state index contributed by atoms with van der Waals surface area (Å²) in [6, 6.07) is 5.94. The van der Waals surface area contributed by atoms with Crippen LogP contribution in [-0.4, -0.2) is 17.9 Å². The van der Waals surface area contributed by atoms with Crippen LogP contribution in [0.4, 0.5) is 5.69 Å². The summed E-state index contributed by atoms with van der Waals surface area (Å²) in [5, 5.41) is 10.7. The van der Waals surface area contributed by atoms with Gasteiger partial charge in [-0.15, -0.1) is 11.3 Å². The third kappa shape index (κ3) is 3.12. The van der Waals surface area contributed by atoms with Crippen LogP contribution in [-0.2, 0) is 6.54 Å². The molecule has 0 aliphatic rings. The standard InChI is InChI=1S/C14H18N4S/c1-9-6-12(4-5-13(9)14(15)16)18(3)7-11-8-19-10(2)17-11/h4-6,8H,7H2,1-3H3,(H3,15,16). The van der Waals surface area contributed by atoms with E-state index in [0.29, 0.717) is 0 Å². The predicted octanol–water partition coefficient (Wildman–Crippen LogP) is 2.68. The van der Waals surface area contributed by atoms with E-state index in [0.717, 1.165) is 34.1 Å². The Balaban J connectivity index is 2.17. The van der Waals surface area contributed by atoms with Gasteiger partial charge in [0, 0.05) is 23.7 Å². The Morgan fingerprint density at radius 1 is 1.42 bits per heavy atom. The second-order valence-electron chi connectivity index (χ2n) is 4.63. The van der Waals surface area contributed by atoms with Gasteiger partial charge in [0.05, 0.1) is 17.2 Å². The summed E-state index contributed by atoms with van der Waals surface area (Å²) in [6.45, 7) is 4.77. The highest BCUT2D eigenvalue weighted by molar-refractivity contribution is 7.09. The van der Waals surface area contributed by atoms with Crippen LogP contribution in [0.25, 0.3) is 0 Å². The maximum atomic E-state index is 7.49. The van der Waals surface area contributed by atoms with Crippen molar-refractivity contribution in [2.45, 2.75) is 20.4 Å². The smallest absolute Gasteiger partial charge is 0.123 e. The number of rotatable bonds is 4. The van der Waals surface area contributed by atoms with Crippen LogP contribution in [0.5, 0.6) is 0 Å². The lowest BCUT2D eigenvalue weighted by atomic mass is 10.1. The number of benzene rings is 1. The summed E-state index contributed by atoms with van der Waals surface area (Å²) < 4.78 is 0. The van der Waals surface area contributed by atoms with Crippen molar-refractivity contribution in [1.82, 2.24) is 4.98 Å². The van der Waals surface area contributed by atoms with Crippen LogP contribution >= 0.6 is 11.3 Å². The molecule has 0 radical (unpaired) electrons. The van der Waals surface area contributed by atoms with Crippen LogP contribution in [0.3, 0.4) is 0 Å². The summed E-state index contributed by atoms with van der Waals surface area (Å²) >= 11 is 1.67. The van der Waals surface area contributed by atoms with E-state index in [4.69, 9.17) is 11.1 Å².